The van der Waals surface area contributed by atoms with E-state index in [0.717, 1.165) is 16.8 Å². The van der Waals surface area contributed by atoms with Crippen molar-refractivity contribution in [3.8, 4) is 22.2 Å². The van der Waals surface area contributed by atoms with Gasteiger partial charge in [0.1, 0.15) is 0 Å². The van der Waals surface area contributed by atoms with E-state index in [0.29, 0.717) is 48.5 Å². The van der Waals surface area contributed by atoms with Crippen molar-refractivity contribution >= 4 is 34.4 Å². The molecule has 0 saturated carbocycles. The van der Waals surface area contributed by atoms with Crippen molar-refractivity contribution in [3.63, 3.8) is 0 Å². The maximum Gasteiger partial charge on any atom is 0.278 e. The summed E-state index contributed by atoms with van der Waals surface area (Å²) in [6.45, 7) is 2.44. The van der Waals surface area contributed by atoms with Gasteiger partial charge in [-0.2, -0.15) is 4.39 Å². The summed E-state index contributed by atoms with van der Waals surface area (Å²) in [6, 6.07) is 6.24. The lowest BCUT2D eigenvalue weighted by molar-refractivity contribution is 0.0999. The fourth-order valence-electron chi connectivity index (χ4n) is 4.51. The van der Waals surface area contributed by atoms with Crippen LogP contribution in [0.3, 0.4) is 0 Å². The monoisotopic (exact) mass is 549 g/mol. The molecule has 0 atom stereocenters. The van der Waals surface area contributed by atoms with E-state index in [-0.39, 0.29) is 16.5 Å². The van der Waals surface area contributed by atoms with Crippen LogP contribution in [0.25, 0.3) is 16.9 Å². The van der Waals surface area contributed by atoms with Gasteiger partial charge in [0.2, 0.25) is 11.7 Å². The van der Waals surface area contributed by atoms with Crippen molar-refractivity contribution in [2.24, 2.45) is 11.5 Å². The normalized spacial score (nSPS) is 11.2. The number of nitrogens with one attached hydrogen (secondary N) is 1. The summed E-state index contributed by atoms with van der Waals surface area (Å²) in [5.41, 5.74) is 15.1. The fraction of sp³-hybridized carbons (Fsp3) is 0.185. The summed E-state index contributed by atoms with van der Waals surface area (Å²) in [5.74, 6) is -2.56. The zero-order valence-corrected chi connectivity index (χ0v) is 21.8. The minimum Gasteiger partial charge on any atom is -0.428 e. The second kappa shape index (κ2) is 11.1. The molecule has 200 valence electrons. The van der Waals surface area contributed by atoms with Crippen LogP contribution in [0.4, 0.5) is 20.3 Å². The van der Waals surface area contributed by atoms with Crippen LogP contribution in [0.15, 0.2) is 54.4 Å². The number of amides is 1. The molecule has 5 rings (SSSR count). The lowest BCUT2D eigenvalue weighted by Crippen LogP contribution is -2.16. The van der Waals surface area contributed by atoms with Crippen LogP contribution in [-0.2, 0) is 12.8 Å². The summed E-state index contributed by atoms with van der Waals surface area (Å²) < 4.78 is 37.1. The number of thiazole rings is 1. The second-order valence-corrected chi connectivity index (χ2v) is 9.46. The SMILES string of the molecule is CCc1c(C(N)=O)ccc(Nc2nccn3c(-c4ccc(Oc5nccs5)c(F)c4F)cnc23)c1CCCN. The van der Waals surface area contributed by atoms with Gasteiger partial charge in [-0.05, 0) is 61.2 Å². The standard InChI is InChI=1S/C27H25F2N7O2S/c1-2-15-16(4-3-9-30)19(7-5-17(15)24(31)37)35-25-26-34-14-20(36(26)12-10-32-25)18-6-8-21(23(29)22(18)28)38-27-33-11-13-39-27/h5-8,10-14H,2-4,9,30H2,1H3,(H2,31,37)(H,32,35). The zero-order chi connectivity index (χ0) is 27.5. The number of ether oxygens (including phenoxy) is 1. The highest BCUT2D eigenvalue weighted by Gasteiger charge is 2.21. The van der Waals surface area contributed by atoms with Gasteiger partial charge in [-0.15, -0.1) is 0 Å². The zero-order valence-electron chi connectivity index (χ0n) is 20.9. The summed E-state index contributed by atoms with van der Waals surface area (Å²) in [7, 11) is 0. The van der Waals surface area contributed by atoms with Crippen LogP contribution < -0.4 is 21.5 Å². The first-order chi connectivity index (χ1) is 18.9. The molecule has 3 heterocycles. The molecular formula is C27H25F2N7O2S. The molecule has 0 spiro atoms. The summed E-state index contributed by atoms with van der Waals surface area (Å²) in [4.78, 5) is 24.8. The van der Waals surface area contributed by atoms with Crippen LogP contribution in [0.1, 0.15) is 34.8 Å². The van der Waals surface area contributed by atoms with Gasteiger partial charge in [0.15, 0.2) is 23.0 Å². The minimum atomic E-state index is -1.13. The Bertz CT molecular complexity index is 1650. The molecule has 3 aromatic heterocycles. The molecule has 0 aliphatic heterocycles. The molecule has 9 nitrogen and oxygen atoms in total. The molecule has 0 radical (unpaired) electrons. The van der Waals surface area contributed by atoms with Gasteiger partial charge in [0.05, 0.1) is 11.9 Å². The molecule has 0 bridgehead atoms. The van der Waals surface area contributed by atoms with E-state index >= 15 is 4.39 Å². The molecule has 12 heteroatoms. The van der Waals surface area contributed by atoms with Crippen molar-refractivity contribution in [1.29, 1.82) is 0 Å². The maximum absolute atomic E-state index is 15.2. The van der Waals surface area contributed by atoms with Gasteiger partial charge in [-0.1, -0.05) is 18.3 Å². The van der Waals surface area contributed by atoms with Crippen molar-refractivity contribution in [3.05, 3.63) is 82.8 Å². The van der Waals surface area contributed by atoms with Crippen molar-refractivity contribution in [2.75, 3.05) is 11.9 Å². The number of halogens is 2. The van der Waals surface area contributed by atoms with E-state index < -0.39 is 17.5 Å². The van der Waals surface area contributed by atoms with Crippen LogP contribution in [0.5, 0.6) is 10.9 Å². The Labute approximate surface area is 226 Å². The Balaban J connectivity index is 1.53. The number of imidazole rings is 1. The summed E-state index contributed by atoms with van der Waals surface area (Å²) in [6.07, 6.45) is 8.05. The number of carbonyl (C=O) groups is 1. The number of fused-ring (bicyclic) bond motifs is 1. The van der Waals surface area contributed by atoms with E-state index in [4.69, 9.17) is 16.2 Å². The van der Waals surface area contributed by atoms with Crippen LogP contribution in [0.2, 0.25) is 0 Å². The van der Waals surface area contributed by atoms with Crippen LogP contribution in [-0.4, -0.2) is 31.8 Å². The number of carbonyl (C=O) groups excluding carboxylic acids is 1. The number of hydrogen-bond acceptors (Lipinski definition) is 8. The van der Waals surface area contributed by atoms with Crippen LogP contribution >= 0.6 is 11.3 Å². The first kappa shape index (κ1) is 26.2. The van der Waals surface area contributed by atoms with Crippen molar-refractivity contribution < 1.29 is 18.3 Å². The predicted octanol–water partition coefficient (Wildman–Crippen LogP) is 5.22. The molecule has 0 saturated heterocycles. The third kappa shape index (κ3) is 5.03. The Morgan fingerprint density at radius 3 is 2.67 bits per heavy atom. The van der Waals surface area contributed by atoms with Crippen LogP contribution in [0, 0.1) is 11.6 Å². The highest BCUT2D eigenvalue weighted by atomic mass is 32.1. The van der Waals surface area contributed by atoms with E-state index in [1.165, 1.54) is 42.1 Å². The predicted molar refractivity (Wildman–Crippen MR) is 146 cm³/mol. The van der Waals surface area contributed by atoms with E-state index in [1.54, 1.807) is 28.1 Å². The minimum absolute atomic E-state index is 0.00588. The van der Waals surface area contributed by atoms with E-state index in [1.807, 2.05) is 6.92 Å². The number of benzene rings is 2. The Morgan fingerprint density at radius 1 is 1.10 bits per heavy atom. The summed E-state index contributed by atoms with van der Waals surface area (Å²) >= 11 is 1.17. The molecule has 0 fully saturated rings. The molecule has 0 aliphatic rings. The van der Waals surface area contributed by atoms with Gasteiger partial charge >= 0.3 is 0 Å². The number of nitrogens with zero attached hydrogens (tertiary/aromatic N) is 4. The Morgan fingerprint density at radius 2 is 1.95 bits per heavy atom. The van der Waals surface area contributed by atoms with Gasteiger partial charge in [-0.25, -0.2) is 19.3 Å². The molecule has 2 aromatic carbocycles. The number of anilines is 2. The van der Waals surface area contributed by atoms with Gasteiger partial charge < -0.3 is 21.5 Å². The number of hydrogen-bond donors (Lipinski definition) is 3. The van der Waals surface area contributed by atoms with E-state index in [9.17, 15) is 9.18 Å². The average Bonchev–Trinajstić information content (AvgIpc) is 3.61. The number of nitrogens with two attached hydrogens (primary N) is 2. The molecule has 1 amide bonds. The third-order valence-corrected chi connectivity index (χ3v) is 6.94. The molecular weight excluding hydrogens is 524 g/mol. The molecule has 39 heavy (non-hydrogen) atoms. The lowest BCUT2D eigenvalue weighted by atomic mass is 9.93. The molecule has 5 N–H and O–H groups in total. The highest BCUT2D eigenvalue weighted by Crippen LogP contribution is 2.34. The molecule has 0 aliphatic carbocycles. The van der Waals surface area contributed by atoms with E-state index in [2.05, 4.69) is 20.3 Å². The van der Waals surface area contributed by atoms with Gasteiger partial charge in [0.25, 0.3) is 5.19 Å². The first-order valence-electron chi connectivity index (χ1n) is 12.2. The van der Waals surface area contributed by atoms with Gasteiger partial charge in [-0.3, -0.25) is 9.20 Å². The maximum atomic E-state index is 15.2. The quantitative estimate of drug-likeness (QED) is 0.217. The lowest BCUT2D eigenvalue weighted by Gasteiger charge is -2.18. The number of rotatable bonds is 10. The van der Waals surface area contributed by atoms with Gasteiger partial charge in [0, 0.05) is 40.8 Å². The Hall–Kier alpha value is -4.42. The Kier molecular flexibility index (Phi) is 7.48. The number of primary amides is 1. The van der Waals surface area contributed by atoms with Crippen molar-refractivity contribution in [1.82, 2.24) is 19.4 Å². The molecule has 5 aromatic rings. The largest absolute Gasteiger partial charge is 0.428 e. The highest BCUT2D eigenvalue weighted by molar-refractivity contribution is 7.11. The number of aromatic nitrogens is 4. The smallest absolute Gasteiger partial charge is 0.278 e. The first-order valence-corrected chi connectivity index (χ1v) is 13.1. The van der Waals surface area contributed by atoms with Crippen molar-refractivity contribution in [2.45, 2.75) is 26.2 Å². The third-order valence-electron chi connectivity index (χ3n) is 6.29. The topological polar surface area (TPSA) is 133 Å². The average molecular weight is 550 g/mol. The fourth-order valence-corrected chi connectivity index (χ4v) is 5.00. The summed E-state index contributed by atoms with van der Waals surface area (Å²) in [5, 5.41) is 5.19. The second-order valence-electron chi connectivity index (χ2n) is 8.61. The molecule has 0 unspecified atom stereocenters.